The summed E-state index contributed by atoms with van der Waals surface area (Å²) < 4.78 is 0. The molecule has 0 saturated carbocycles. The van der Waals surface area contributed by atoms with Gasteiger partial charge < -0.3 is 0 Å². The molecule has 0 N–H and O–H groups in total. The summed E-state index contributed by atoms with van der Waals surface area (Å²) in [6, 6.07) is 0. The molecule has 0 nitrogen and oxygen atoms in total. The van der Waals surface area contributed by atoms with Crippen LogP contribution in [0.4, 0.5) is 0 Å². The van der Waals surface area contributed by atoms with E-state index >= 15 is 0 Å². The molecule has 76 valence electrons. The lowest BCUT2D eigenvalue weighted by Gasteiger charge is -2.02. The monoisotopic (exact) mass is 220 g/mol. The Morgan fingerprint density at radius 3 is 1.14 bits per heavy atom. The van der Waals surface area contributed by atoms with Crippen LogP contribution in [-0.4, -0.2) is 19.0 Å². The molecule has 0 aliphatic heterocycles. The highest BCUT2D eigenvalue weighted by molar-refractivity contribution is 6.52. The van der Waals surface area contributed by atoms with Crippen LogP contribution in [0.3, 0.4) is 0 Å². The summed E-state index contributed by atoms with van der Waals surface area (Å²) in [5, 5.41) is 0. The normalized spacial score (nSPS) is 12.4. The summed E-state index contributed by atoms with van der Waals surface area (Å²) in [4.78, 5) is 0. The molecule has 0 rings (SSSR count). The van der Waals surface area contributed by atoms with Crippen molar-refractivity contribution in [3.63, 3.8) is 0 Å². The second kappa shape index (κ2) is 8.72. The third kappa shape index (κ3) is 5.72. The first kappa shape index (κ1) is 13.1. The molecule has 0 aromatic carbocycles. The molecule has 0 radical (unpaired) electrons. The maximum atomic E-state index is 3.79. The van der Waals surface area contributed by atoms with Gasteiger partial charge in [-0.05, 0) is 11.1 Å². The molecular weight excluding hydrogens is 200 g/mol. The lowest BCUT2D eigenvalue weighted by molar-refractivity contribution is 1.37. The van der Waals surface area contributed by atoms with Gasteiger partial charge in [-0.25, -0.2) is 0 Å². The van der Waals surface area contributed by atoms with E-state index in [0.717, 1.165) is 0 Å². The Labute approximate surface area is 92.5 Å². The summed E-state index contributed by atoms with van der Waals surface area (Å²) in [7, 11) is -0.367. The lowest BCUT2D eigenvalue weighted by atomic mass is 10.4. The minimum Gasteiger partial charge on any atom is -0.109 e. The Kier molecular flexibility index (Phi) is 8.18. The van der Waals surface area contributed by atoms with Crippen molar-refractivity contribution in [2.45, 2.75) is 11.1 Å². The van der Waals surface area contributed by atoms with E-state index in [-0.39, 0.29) is 19.0 Å². The fourth-order valence-electron chi connectivity index (χ4n) is 1.08. The molecule has 2 heteroatoms. The maximum absolute atomic E-state index is 3.79. The molecule has 14 heavy (non-hydrogen) atoms. The maximum Gasteiger partial charge on any atom is 0.0562 e. The van der Waals surface area contributed by atoms with Crippen LogP contribution >= 0.6 is 0 Å². The van der Waals surface area contributed by atoms with E-state index in [1.807, 2.05) is 24.3 Å². The molecule has 0 spiro atoms. The van der Waals surface area contributed by atoms with Gasteiger partial charge in [-0.3, -0.25) is 0 Å². The molecule has 0 aromatic rings. The van der Waals surface area contributed by atoms with Crippen LogP contribution in [0, 0.1) is 0 Å². The van der Waals surface area contributed by atoms with E-state index in [9.17, 15) is 0 Å². The predicted molar refractivity (Wildman–Crippen MR) is 74.5 cm³/mol. The van der Waals surface area contributed by atoms with Gasteiger partial charge in [-0.2, -0.15) is 0 Å². The lowest BCUT2D eigenvalue weighted by Crippen LogP contribution is -1.97. The first-order valence-corrected chi connectivity index (χ1v) is 8.20. The van der Waals surface area contributed by atoms with Crippen molar-refractivity contribution in [3.8, 4) is 0 Å². The van der Waals surface area contributed by atoms with Gasteiger partial charge in [0.15, 0.2) is 0 Å². The number of hydrogen-bond acceptors (Lipinski definition) is 0. The van der Waals surface area contributed by atoms with Crippen LogP contribution in [0.5, 0.6) is 0 Å². The van der Waals surface area contributed by atoms with E-state index in [4.69, 9.17) is 0 Å². The molecule has 0 heterocycles. The van der Waals surface area contributed by atoms with Crippen LogP contribution in [0.2, 0.25) is 11.1 Å². The predicted octanol–water partition coefficient (Wildman–Crippen LogP) is 2.12. The van der Waals surface area contributed by atoms with Crippen molar-refractivity contribution in [1.82, 2.24) is 0 Å². The molecule has 0 unspecified atom stereocenters. The molecule has 0 fully saturated rings. The topological polar surface area (TPSA) is 0 Å². The van der Waals surface area contributed by atoms with E-state index in [2.05, 4.69) is 37.7 Å². The van der Waals surface area contributed by atoms with E-state index in [1.54, 1.807) is 0 Å². The minimum absolute atomic E-state index is 0.184. The van der Waals surface area contributed by atoms with Crippen molar-refractivity contribution in [1.29, 1.82) is 0 Å². The average Bonchev–Trinajstić information content (AvgIpc) is 2.24. The van der Waals surface area contributed by atoms with Crippen molar-refractivity contribution in [3.05, 3.63) is 62.0 Å². The smallest absolute Gasteiger partial charge is 0.0562 e. The van der Waals surface area contributed by atoms with Crippen molar-refractivity contribution < 1.29 is 0 Å². The molecule has 0 aromatic heterocycles. The van der Waals surface area contributed by atoms with Gasteiger partial charge in [-0.1, -0.05) is 24.3 Å². The van der Waals surface area contributed by atoms with Gasteiger partial charge in [0, 0.05) is 0 Å². The van der Waals surface area contributed by atoms with Crippen molar-refractivity contribution >= 4 is 19.0 Å². The molecular formula is C12H20Si2. The second-order valence-corrected chi connectivity index (χ2v) is 6.98. The third-order valence-electron chi connectivity index (χ3n) is 2.19. The zero-order valence-corrected chi connectivity index (χ0v) is 11.7. The molecule has 0 aliphatic rings. The Hall–Kier alpha value is -0.866. The zero-order chi connectivity index (χ0) is 10.8. The van der Waals surface area contributed by atoms with E-state index in [1.165, 1.54) is 0 Å². The number of rotatable bonds is 8. The summed E-state index contributed by atoms with van der Waals surface area (Å²) >= 11 is 0. The van der Waals surface area contributed by atoms with E-state index < -0.39 is 0 Å². The number of allylic oxidation sites excluding steroid dienone is 4. The summed E-state index contributed by atoms with van der Waals surface area (Å²) in [6.07, 6.45) is 7.96. The van der Waals surface area contributed by atoms with Gasteiger partial charge in [0.25, 0.3) is 0 Å². The highest BCUT2D eigenvalue weighted by Crippen LogP contribution is 2.07. The first-order chi connectivity index (χ1) is 6.78. The van der Waals surface area contributed by atoms with Crippen LogP contribution < -0.4 is 0 Å². The SMILES string of the molecule is C=CC(C=C)[SiH2]C=C[SiH2]C(C=C)C=C. The first-order valence-electron chi connectivity index (χ1n) is 4.93. The largest absolute Gasteiger partial charge is 0.109 e. The Bertz CT molecular complexity index is 188. The highest BCUT2D eigenvalue weighted by Gasteiger charge is 1.96. The summed E-state index contributed by atoms with van der Waals surface area (Å²) in [5.74, 6) is 0. The minimum atomic E-state index is -0.184. The van der Waals surface area contributed by atoms with Gasteiger partial charge in [0.05, 0.1) is 19.0 Å². The highest BCUT2D eigenvalue weighted by atomic mass is 28.2. The van der Waals surface area contributed by atoms with Crippen LogP contribution in [0.25, 0.3) is 0 Å². The molecule has 0 bridgehead atoms. The molecule has 0 saturated heterocycles. The zero-order valence-electron chi connectivity index (χ0n) is 8.86. The third-order valence-corrected chi connectivity index (χ3v) is 6.49. The molecule has 0 amide bonds. The molecule has 0 atom stereocenters. The Morgan fingerprint density at radius 1 is 0.643 bits per heavy atom. The van der Waals surface area contributed by atoms with Crippen LogP contribution in [0.15, 0.2) is 62.0 Å². The Balaban J connectivity index is 3.82. The van der Waals surface area contributed by atoms with Gasteiger partial charge in [0.1, 0.15) is 0 Å². The average molecular weight is 220 g/mol. The van der Waals surface area contributed by atoms with Gasteiger partial charge in [-0.15, -0.1) is 37.7 Å². The fourth-order valence-corrected chi connectivity index (χ4v) is 4.02. The van der Waals surface area contributed by atoms with Gasteiger partial charge in [0.2, 0.25) is 0 Å². The van der Waals surface area contributed by atoms with Gasteiger partial charge >= 0.3 is 0 Å². The Morgan fingerprint density at radius 2 is 0.929 bits per heavy atom. The standard InChI is InChI=1S/C12H20Si2/c1-5-11(6-2)13-9-10-14-12(7-3)8-4/h5-12H,1-4,13-14H2. The van der Waals surface area contributed by atoms with Crippen molar-refractivity contribution in [2.75, 3.05) is 0 Å². The number of hydrogen-bond donors (Lipinski definition) is 0. The molecule has 0 aliphatic carbocycles. The summed E-state index contributed by atoms with van der Waals surface area (Å²) in [5.41, 5.74) is 5.82. The quantitative estimate of drug-likeness (QED) is 0.434. The van der Waals surface area contributed by atoms with Crippen LogP contribution in [-0.2, 0) is 0 Å². The summed E-state index contributed by atoms with van der Waals surface area (Å²) in [6.45, 7) is 15.1. The fraction of sp³-hybridized carbons (Fsp3) is 0.167. The van der Waals surface area contributed by atoms with Crippen LogP contribution in [0.1, 0.15) is 0 Å². The second-order valence-electron chi connectivity index (χ2n) is 3.21. The van der Waals surface area contributed by atoms with Crippen molar-refractivity contribution in [2.24, 2.45) is 0 Å². The van der Waals surface area contributed by atoms with E-state index in [0.29, 0.717) is 11.1 Å².